The van der Waals surface area contributed by atoms with Crippen LogP contribution >= 0.6 is 0 Å². The minimum Gasteiger partial charge on any atom is -0.480 e. The first-order valence-corrected chi connectivity index (χ1v) is 9.06. The Labute approximate surface area is 128 Å². The smallest absolute Gasteiger partial charge is 0.320 e. The standard InChI is InChI=1S/C18H29NO2/c1-12(19-5-3-2-4-16(19)17(20)21)18-9-13-6-14(10-18)8-15(7-13)11-18/h12-16H,2-11H2,1H3,(H,20,21). The molecule has 5 aliphatic rings. The van der Waals surface area contributed by atoms with Gasteiger partial charge in [0.05, 0.1) is 0 Å². The van der Waals surface area contributed by atoms with Gasteiger partial charge in [-0.1, -0.05) is 6.42 Å². The first-order valence-electron chi connectivity index (χ1n) is 9.06. The van der Waals surface area contributed by atoms with Crippen molar-refractivity contribution >= 4 is 5.97 Å². The monoisotopic (exact) mass is 291 g/mol. The van der Waals surface area contributed by atoms with E-state index in [-0.39, 0.29) is 6.04 Å². The summed E-state index contributed by atoms with van der Waals surface area (Å²) >= 11 is 0. The summed E-state index contributed by atoms with van der Waals surface area (Å²) in [5.74, 6) is 2.26. The molecular weight excluding hydrogens is 262 g/mol. The van der Waals surface area contributed by atoms with Crippen LogP contribution in [0.1, 0.15) is 64.7 Å². The van der Waals surface area contributed by atoms with Crippen LogP contribution in [-0.4, -0.2) is 34.6 Å². The Balaban J connectivity index is 1.58. The van der Waals surface area contributed by atoms with Crippen molar-refractivity contribution in [1.29, 1.82) is 0 Å². The van der Waals surface area contributed by atoms with Crippen LogP contribution in [-0.2, 0) is 4.79 Å². The molecule has 118 valence electrons. The Kier molecular flexibility index (Phi) is 3.33. The van der Waals surface area contributed by atoms with Crippen LogP contribution in [0.5, 0.6) is 0 Å². The van der Waals surface area contributed by atoms with Gasteiger partial charge in [-0.25, -0.2) is 0 Å². The summed E-state index contributed by atoms with van der Waals surface area (Å²) in [6, 6.07) is 0.244. The van der Waals surface area contributed by atoms with Crippen LogP contribution in [0.2, 0.25) is 0 Å². The Bertz CT molecular complexity index is 398. The number of carboxylic acid groups (broad SMARTS) is 1. The van der Waals surface area contributed by atoms with Crippen molar-refractivity contribution in [2.24, 2.45) is 23.2 Å². The van der Waals surface area contributed by atoms with E-state index in [1.165, 1.54) is 44.9 Å². The molecule has 0 aromatic carbocycles. The van der Waals surface area contributed by atoms with Crippen LogP contribution in [0.4, 0.5) is 0 Å². The zero-order valence-electron chi connectivity index (χ0n) is 13.3. The highest BCUT2D eigenvalue weighted by molar-refractivity contribution is 5.73. The molecule has 21 heavy (non-hydrogen) atoms. The Hall–Kier alpha value is -0.570. The second-order valence-electron chi connectivity index (χ2n) is 8.54. The van der Waals surface area contributed by atoms with Gasteiger partial charge in [0.15, 0.2) is 0 Å². The molecule has 2 atom stereocenters. The second kappa shape index (κ2) is 4.97. The van der Waals surface area contributed by atoms with Gasteiger partial charge in [0.1, 0.15) is 6.04 Å². The van der Waals surface area contributed by atoms with Crippen LogP contribution in [0.25, 0.3) is 0 Å². The number of aliphatic carboxylic acids is 1. The molecule has 0 aromatic rings. The van der Waals surface area contributed by atoms with Gasteiger partial charge >= 0.3 is 5.97 Å². The van der Waals surface area contributed by atoms with E-state index in [2.05, 4.69) is 11.8 Å². The van der Waals surface area contributed by atoms with Crippen LogP contribution in [0, 0.1) is 23.2 Å². The highest BCUT2D eigenvalue weighted by atomic mass is 16.4. The van der Waals surface area contributed by atoms with E-state index >= 15 is 0 Å². The molecule has 5 fully saturated rings. The van der Waals surface area contributed by atoms with Crippen molar-refractivity contribution < 1.29 is 9.90 Å². The number of piperidine rings is 1. The summed E-state index contributed by atoms with van der Waals surface area (Å²) in [6.45, 7) is 3.36. The molecule has 1 heterocycles. The number of likely N-dealkylation sites (tertiary alicyclic amines) is 1. The third-order valence-corrected chi connectivity index (χ3v) is 7.30. The fourth-order valence-electron chi connectivity index (χ4n) is 6.72. The van der Waals surface area contributed by atoms with Crippen molar-refractivity contribution in [1.82, 2.24) is 4.90 Å². The molecule has 3 heteroatoms. The summed E-state index contributed by atoms with van der Waals surface area (Å²) in [5.41, 5.74) is 0.444. The van der Waals surface area contributed by atoms with Gasteiger partial charge in [-0.15, -0.1) is 0 Å². The lowest BCUT2D eigenvalue weighted by Gasteiger charge is -2.61. The van der Waals surface area contributed by atoms with Gasteiger partial charge in [-0.2, -0.15) is 0 Å². The van der Waals surface area contributed by atoms with Gasteiger partial charge in [-0.3, -0.25) is 9.69 Å². The Morgan fingerprint density at radius 3 is 2.19 bits per heavy atom. The molecule has 1 N–H and O–H groups in total. The molecule has 1 saturated heterocycles. The zero-order chi connectivity index (χ0) is 14.6. The maximum atomic E-state index is 11.7. The van der Waals surface area contributed by atoms with Gasteiger partial charge < -0.3 is 5.11 Å². The minimum atomic E-state index is -0.591. The third-order valence-electron chi connectivity index (χ3n) is 7.30. The maximum absolute atomic E-state index is 11.7. The largest absolute Gasteiger partial charge is 0.480 e. The van der Waals surface area contributed by atoms with E-state index in [4.69, 9.17) is 0 Å². The normalized spacial score (nSPS) is 47.5. The fourth-order valence-corrected chi connectivity index (χ4v) is 6.72. The van der Waals surface area contributed by atoms with E-state index in [1.54, 1.807) is 0 Å². The summed E-state index contributed by atoms with van der Waals surface area (Å²) in [7, 11) is 0. The van der Waals surface area contributed by atoms with Crippen molar-refractivity contribution in [2.75, 3.05) is 6.54 Å². The predicted molar refractivity (Wildman–Crippen MR) is 82.0 cm³/mol. The molecule has 4 bridgehead atoms. The number of hydrogen-bond acceptors (Lipinski definition) is 2. The van der Waals surface area contributed by atoms with E-state index in [9.17, 15) is 9.90 Å². The van der Waals surface area contributed by atoms with Crippen LogP contribution in [0.15, 0.2) is 0 Å². The maximum Gasteiger partial charge on any atom is 0.320 e. The van der Waals surface area contributed by atoms with Gasteiger partial charge in [-0.05, 0) is 88.0 Å². The molecule has 3 nitrogen and oxygen atoms in total. The average Bonchev–Trinajstić information content (AvgIpc) is 2.45. The van der Waals surface area contributed by atoms with Crippen molar-refractivity contribution in [3.63, 3.8) is 0 Å². The van der Waals surface area contributed by atoms with E-state index in [0.717, 1.165) is 37.1 Å². The quantitative estimate of drug-likeness (QED) is 0.864. The number of hydrogen-bond donors (Lipinski definition) is 1. The third kappa shape index (κ3) is 2.23. The molecular formula is C18H29NO2. The number of nitrogens with zero attached hydrogens (tertiary/aromatic N) is 1. The van der Waals surface area contributed by atoms with Crippen molar-refractivity contribution in [3.8, 4) is 0 Å². The summed E-state index contributed by atoms with van der Waals surface area (Å²) in [4.78, 5) is 14.0. The topological polar surface area (TPSA) is 40.5 Å². The molecule has 4 aliphatic carbocycles. The molecule has 0 spiro atoms. The summed E-state index contributed by atoms with van der Waals surface area (Å²) < 4.78 is 0. The minimum absolute atomic E-state index is 0.221. The van der Waals surface area contributed by atoms with Crippen molar-refractivity contribution in [3.05, 3.63) is 0 Å². The summed E-state index contributed by atoms with van der Waals surface area (Å²) in [5, 5.41) is 9.60. The van der Waals surface area contributed by atoms with Crippen molar-refractivity contribution in [2.45, 2.75) is 76.8 Å². The molecule has 0 amide bonds. The number of rotatable bonds is 3. The molecule has 2 unspecified atom stereocenters. The molecule has 0 aromatic heterocycles. The first kappa shape index (κ1) is 14.0. The van der Waals surface area contributed by atoms with Crippen LogP contribution < -0.4 is 0 Å². The molecule has 1 aliphatic heterocycles. The van der Waals surface area contributed by atoms with Gasteiger partial charge in [0, 0.05) is 6.04 Å². The number of carbonyl (C=O) groups is 1. The lowest BCUT2D eigenvalue weighted by Crippen LogP contribution is -2.60. The molecule has 0 radical (unpaired) electrons. The Morgan fingerprint density at radius 1 is 1.10 bits per heavy atom. The molecule has 5 rings (SSSR count). The lowest BCUT2D eigenvalue weighted by atomic mass is 9.47. The van der Waals surface area contributed by atoms with Gasteiger partial charge in [0.2, 0.25) is 0 Å². The van der Waals surface area contributed by atoms with E-state index < -0.39 is 5.97 Å². The SMILES string of the molecule is CC(N1CCCCC1C(=O)O)C12CC3CC(CC(C3)C1)C2. The second-order valence-corrected chi connectivity index (χ2v) is 8.54. The highest BCUT2D eigenvalue weighted by Gasteiger charge is 2.55. The van der Waals surface area contributed by atoms with E-state index in [1.807, 2.05) is 0 Å². The molecule has 4 saturated carbocycles. The van der Waals surface area contributed by atoms with E-state index in [0.29, 0.717) is 11.5 Å². The lowest BCUT2D eigenvalue weighted by molar-refractivity contribution is -0.152. The summed E-state index contributed by atoms with van der Waals surface area (Å²) in [6.07, 6.45) is 11.7. The Morgan fingerprint density at radius 2 is 1.67 bits per heavy atom. The highest BCUT2D eigenvalue weighted by Crippen LogP contribution is 2.62. The zero-order valence-corrected chi connectivity index (χ0v) is 13.3. The van der Waals surface area contributed by atoms with Gasteiger partial charge in [0.25, 0.3) is 0 Å². The number of carboxylic acids is 1. The fraction of sp³-hybridized carbons (Fsp3) is 0.944. The predicted octanol–water partition coefficient (Wildman–Crippen LogP) is 3.53. The average molecular weight is 291 g/mol. The first-order chi connectivity index (χ1) is 10.1. The van der Waals surface area contributed by atoms with Crippen LogP contribution in [0.3, 0.4) is 0 Å².